The fraction of sp³-hybridized carbons (Fsp3) is 1.00. The molecule has 0 radical (unpaired) electrons. The Morgan fingerprint density at radius 2 is 1.82 bits per heavy atom. The van der Waals surface area contributed by atoms with Gasteiger partial charge in [0.05, 0.1) is 0 Å². The maximum Gasteiger partial charge on any atom is 0.0121 e. The molecule has 1 aliphatic heterocycles. The van der Waals surface area contributed by atoms with Crippen LogP contribution in [0.4, 0.5) is 0 Å². The van der Waals surface area contributed by atoms with E-state index in [1.165, 1.54) is 58.0 Å². The molecule has 0 bridgehead atoms. The van der Waals surface area contributed by atoms with Crippen LogP contribution in [0.25, 0.3) is 0 Å². The van der Waals surface area contributed by atoms with E-state index in [9.17, 15) is 0 Å². The monoisotopic (exact) mass is 238 g/mol. The van der Waals surface area contributed by atoms with Crippen LogP contribution in [0.2, 0.25) is 0 Å². The summed E-state index contributed by atoms with van der Waals surface area (Å²) in [5, 5.41) is 3.98. The largest absolute Gasteiger partial charge is 0.311 e. The first-order valence-corrected chi connectivity index (χ1v) is 7.52. The van der Waals surface area contributed by atoms with Crippen molar-refractivity contribution in [1.29, 1.82) is 0 Å². The van der Waals surface area contributed by atoms with Crippen LogP contribution in [0.15, 0.2) is 0 Å². The molecule has 1 aliphatic carbocycles. The molecule has 2 fully saturated rings. The van der Waals surface area contributed by atoms with Gasteiger partial charge in [0.1, 0.15) is 0 Å². The van der Waals surface area contributed by atoms with Crippen molar-refractivity contribution in [2.45, 2.75) is 70.9 Å². The minimum atomic E-state index is 0.510. The summed E-state index contributed by atoms with van der Waals surface area (Å²) in [6, 6.07) is 1.52. The van der Waals surface area contributed by atoms with Crippen LogP contribution in [0.5, 0.6) is 0 Å². The Morgan fingerprint density at radius 1 is 1.00 bits per heavy atom. The molecular weight excluding hydrogens is 208 g/mol. The molecule has 1 heterocycles. The fourth-order valence-electron chi connectivity index (χ4n) is 3.49. The van der Waals surface area contributed by atoms with Crippen molar-refractivity contribution in [2.24, 2.45) is 5.41 Å². The zero-order valence-electron chi connectivity index (χ0n) is 12.0. The predicted octanol–water partition coefficient (Wildman–Crippen LogP) is 3.03. The molecular formula is C15H30N2. The number of hydrogen-bond donors (Lipinski definition) is 1. The summed E-state index contributed by atoms with van der Waals surface area (Å²) in [7, 11) is 2.26. The lowest BCUT2D eigenvalue weighted by molar-refractivity contribution is 0.151. The van der Waals surface area contributed by atoms with Crippen LogP contribution in [0, 0.1) is 5.41 Å². The predicted molar refractivity (Wildman–Crippen MR) is 74.3 cm³/mol. The smallest absolute Gasteiger partial charge is 0.0121 e. The number of nitrogens with one attached hydrogen (secondary N) is 1. The van der Waals surface area contributed by atoms with Gasteiger partial charge in [-0.15, -0.1) is 0 Å². The summed E-state index contributed by atoms with van der Waals surface area (Å²) in [6.07, 6.45) is 9.71. The normalized spacial score (nSPS) is 35.5. The third-order valence-corrected chi connectivity index (χ3v) is 4.90. The van der Waals surface area contributed by atoms with Crippen LogP contribution >= 0.6 is 0 Å². The fourth-order valence-corrected chi connectivity index (χ4v) is 3.49. The summed E-state index contributed by atoms with van der Waals surface area (Å²) >= 11 is 0. The third kappa shape index (κ3) is 3.69. The molecule has 100 valence electrons. The van der Waals surface area contributed by atoms with E-state index in [1.54, 1.807) is 0 Å². The molecule has 1 saturated carbocycles. The second-order valence-corrected chi connectivity index (χ2v) is 6.88. The highest BCUT2D eigenvalue weighted by Gasteiger charge is 2.33. The first-order valence-electron chi connectivity index (χ1n) is 7.52. The van der Waals surface area contributed by atoms with E-state index in [0.717, 1.165) is 12.1 Å². The number of likely N-dealkylation sites (tertiary alicyclic amines) is 1. The van der Waals surface area contributed by atoms with Gasteiger partial charge in [-0.1, -0.05) is 26.7 Å². The van der Waals surface area contributed by atoms with E-state index in [-0.39, 0.29) is 0 Å². The topological polar surface area (TPSA) is 15.3 Å². The van der Waals surface area contributed by atoms with Gasteiger partial charge in [-0.05, 0) is 57.7 Å². The van der Waals surface area contributed by atoms with E-state index in [2.05, 4.69) is 31.1 Å². The molecule has 0 spiro atoms. The van der Waals surface area contributed by atoms with Gasteiger partial charge in [0, 0.05) is 12.1 Å². The van der Waals surface area contributed by atoms with Gasteiger partial charge < -0.3 is 10.2 Å². The van der Waals surface area contributed by atoms with E-state index in [4.69, 9.17) is 0 Å². The molecule has 2 nitrogen and oxygen atoms in total. The SMILES string of the molecule is CN1CCCC(NC2CCCCC2(C)C)CC1. The second-order valence-electron chi connectivity index (χ2n) is 6.88. The van der Waals surface area contributed by atoms with Gasteiger partial charge in [0.2, 0.25) is 0 Å². The molecule has 2 aliphatic rings. The van der Waals surface area contributed by atoms with Crippen LogP contribution in [-0.4, -0.2) is 37.1 Å². The maximum absolute atomic E-state index is 3.98. The Kier molecular flexibility index (Phi) is 4.48. The minimum absolute atomic E-state index is 0.510. The van der Waals surface area contributed by atoms with Gasteiger partial charge >= 0.3 is 0 Å². The van der Waals surface area contributed by atoms with Crippen molar-refractivity contribution >= 4 is 0 Å². The van der Waals surface area contributed by atoms with Gasteiger partial charge in [-0.25, -0.2) is 0 Å². The first-order chi connectivity index (χ1) is 8.08. The zero-order valence-corrected chi connectivity index (χ0v) is 12.0. The Labute approximate surface area is 107 Å². The third-order valence-electron chi connectivity index (χ3n) is 4.90. The van der Waals surface area contributed by atoms with Crippen molar-refractivity contribution in [1.82, 2.24) is 10.2 Å². The standard InChI is InChI=1S/C15H30N2/c1-15(2)10-5-4-8-14(15)16-13-7-6-11-17(3)12-9-13/h13-14,16H,4-12H2,1-3H3. The quantitative estimate of drug-likeness (QED) is 0.795. The van der Waals surface area contributed by atoms with E-state index < -0.39 is 0 Å². The van der Waals surface area contributed by atoms with E-state index in [1.807, 2.05) is 0 Å². The average molecular weight is 238 g/mol. The molecule has 1 N–H and O–H groups in total. The Hall–Kier alpha value is -0.0800. The number of hydrogen-bond acceptors (Lipinski definition) is 2. The highest BCUT2D eigenvalue weighted by atomic mass is 15.1. The molecule has 2 unspecified atom stereocenters. The summed E-state index contributed by atoms with van der Waals surface area (Å²) < 4.78 is 0. The van der Waals surface area contributed by atoms with Crippen molar-refractivity contribution in [3.05, 3.63) is 0 Å². The van der Waals surface area contributed by atoms with E-state index in [0.29, 0.717) is 5.41 Å². The minimum Gasteiger partial charge on any atom is -0.311 e. The van der Waals surface area contributed by atoms with Crippen molar-refractivity contribution in [2.75, 3.05) is 20.1 Å². The molecule has 1 saturated heterocycles. The van der Waals surface area contributed by atoms with Crippen LogP contribution in [0.3, 0.4) is 0 Å². The first kappa shape index (κ1) is 13.4. The lowest BCUT2D eigenvalue weighted by Gasteiger charge is -2.41. The molecule has 0 aromatic heterocycles. The summed E-state index contributed by atoms with van der Waals surface area (Å²) in [6.45, 7) is 7.45. The lowest BCUT2D eigenvalue weighted by Crippen LogP contribution is -2.48. The molecule has 2 atom stereocenters. The van der Waals surface area contributed by atoms with Gasteiger partial charge in [0.25, 0.3) is 0 Å². The van der Waals surface area contributed by atoms with Gasteiger partial charge in [-0.2, -0.15) is 0 Å². The van der Waals surface area contributed by atoms with Gasteiger partial charge in [-0.3, -0.25) is 0 Å². The molecule has 0 aromatic rings. The molecule has 17 heavy (non-hydrogen) atoms. The molecule has 2 heteroatoms. The molecule has 0 aromatic carbocycles. The van der Waals surface area contributed by atoms with Gasteiger partial charge in [0.15, 0.2) is 0 Å². The lowest BCUT2D eigenvalue weighted by atomic mass is 9.73. The van der Waals surface area contributed by atoms with Crippen LogP contribution < -0.4 is 5.32 Å². The maximum atomic E-state index is 3.98. The number of nitrogens with zero attached hydrogens (tertiary/aromatic N) is 1. The van der Waals surface area contributed by atoms with E-state index >= 15 is 0 Å². The van der Waals surface area contributed by atoms with Crippen LogP contribution in [0.1, 0.15) is 58.8 Å². The molecule has 0 amide bonds. The molecule has 2 rings (SSSR count). The number of rotatable bonds is 2. The van der Waals surface area contributed by atoms with Crippen molar-refractivity contribution in [3.8, 4) is 0 Å². The Balaban J connectivity index is 1.86. The van der Waals surface area contributed by atoms with Crippen LogP contribution in [-0.2, 0) is 0 Å². The summed E-state index contributed by atoms with van der Waals surface area (Å²) in [5.74, 6) is 0. The Bertz CT molecular complexity index is 237. The highest BCUT2D eigenvalue weighted by molar-refractivity contribution is 4.90. The summed E-state index contributed by atoms with van der Waals surface area (Å²) in [5.41, 5.74) is 0.510. The van der Waals surface area contributed by atoms with Crippen molar-refractivity contribution in [3.63, 3.8) is 0 Å². The average Bonchev–Trinajstić information content (AvgIpc) is 2.47. The Morgan fingerprint density at radius 3 is 2.59 bits per heavy atom. The highest BCUT2D eigenvalue weighted by Crippen LogP contribution is 2.36. The second kappa shape index (κ2) is 5.71. The van der Waals surface area contributed by atoms with Crippen molar-refractivity contribution < 1.29 is 0 Å². The zero-order chi connectivity index (χ0) is 12.3. The summed E-state index contributed by atoms with van der Waals surface area (Å²) in [4.78, 5) is 2.48.